The van der Waals surface area contributed by atoms with Gasteiger partial charge in [0.25, 0.3) is 5.91 Å². The van der Waals surface area contributed by atoms with Gasteiger partial charge in [0.05, 0.1) is 11.2 Å². The fourth-order valence-electron chi connectivity index (χ4n) is 3.60. The summed E-state index contributed by atoms with van der Waals surface area (Å²) in [5.74, 6) is 0.328. The van der Waals surface area contributed by atoms with Gasteiger partial charge in [-0.2, -0.15) is 0 Å². The third-order valence-corrected chi connectivity index (χ3v) is 6.72. The Morgan fingerprint density at radius 3 is 2.53 bits per heavy atom. The number of hydrogen-bond donors (Lipinski definition) is 2. The second-order valence-electron chi connectivity index (χ2n) is 8.66. The van der Waals surface area contributed by atoms with Crippen molar-refractivity contribution in [2.75, 3.05) is 17.1 Å². The number of hydrogen-bond acceptors (Lipinski definition) is 6. The highest BCUT2D eigenvalue weighted by Gasteiger charge is 2.29. The summed E-state index contributed by atoms with van der Waals surface area (Å²) in [6.07, 6.45) is 2.93. The minimum atomic E-state index is -1.27. The molecule has 0 aliphatic carbocycles. The Morgan fingerprint density at radius 2 is 1.91 bits per heavy atom. The molecule has 0 saturated heterocycles. The summed E-state index contributed by atoms with van der Waals surface area (Å²) in [7, 11) is -1.27. The lowest BCUT2D eigenvalue weighted by Crippen LogP contribution is -2.35. The van der Waals surface area contributed by atoms with Crippen LogP contribution in [0.2, 0.25) is 0 Å². The molecule has 3 atom stereocenters. The number of nitrogens with zero attached hydrogens (tertiary/aromatic N) is 3. The molecule has 182 valence electrons. The number of benzene rings is 2. The zero-order chi connectivity index (χ0) is 24.9. The zero-order valence-corrected chi connectivity index (χ0v) is 21.2. The van der Waals surface area contributed by atoms with Gasteiger partial charge < -0.3 is 15.5 Å². The summed E-state index contributed by atoms with van der Waals surface area (Å²) >= 11 is 0. The molecular formula is C25H33N5O3S. The van der Waals surface area contributed by atoms with Crippen LogP contribution in [0.15, 0.2) is 52.9 Å². The molecule has 0 aliphatic heterocycles. The summed E-state index contributed by atoms with van der Waals surface area (Å²) in [5.41, 5.74) is 8.35. The van der Waals surface area contributed by atoms with E-state index >= 15 is 0 Å². The first-order chi connectivity index (χ1) is 16.1. The molecule has 1 amide bonds. The van der Waals surface area contributed by atoms with Crippen molar-refractivity contribution >= 4 is 22.6 Å². The second kappa shape index (κ2) is 10.9. The minimum absolute atomic E-state index is 0.0214. The topological polar surface area (TPSA) is 114 Å². The molecule has 0 saturated carbocycles. The monoisotopic (exact) mass is 483 g/mol. The van der Waals surface area contributed by atoms with Crippen LogP contribution in [0.5, 0.6) is 0 Å². The number of aromatic nitrogens is 2. The molecule has 34 heavy (non-hydrogen) atoms. The van der Waals surface area contributed by atoms with Crippen molar-refractivity contribution in [3.8, 4) is 11.5 Å². The Labute approximate surface area is 203 Å². The van der Waals surface area contributed by atoms with Gasteiger partial charge >= 0.3 is 0 Å². The van der Waals surface area contributed by atoms with Crippen molar-refractivity contribution < 1.29 is 13.4 Å². The van der Waals surface area contributed by atoms with Crippen molar-refractivity contribution in [1.29, 1.82) is 0 Å². The predicted molar refractivity (Wildman–Crippen MR) is 136 cm³/mol. The third kappa shape index (κ3) is 6.09. The van der Waals surface area contributed by atoms with E-state index < -0.39 is 16.5 Å². The molecule has 0 bridgehead atoms. The van der Waals surface area contributed by atoms with E-state index in [0.29, 0.717) is 35.7 Å². The predicted octanol–water partition coefficient (Wildman–Crippen LogP) is 3.80. The number of nitrogens with two attached hydrogens (primary N) is 1. The van der Waals surface area contributed by atoms with E-state index in [4.69, 9.17) is 10.2 Å². The van der Waals surface area contributed by atoms with Crippen molar-refractivity contribution in [3.63, 3.8) is 0 Å². The highest BCUT2D eigenvalue weighted by molar-refractivity contribution is 7.85. The normalized spacial score (nSPS) is 14.8. The first-order valence-electron chi connectivity index (χ1n) is 11.4. The van der Waals surface area contributed by atoms with Crippen LogP contribution in [0.4, 0.5) is 5.69 Å². The van der Waals surface area contributed by atoms with Gasteiger partial charge in [0, 0.05) is 30.0 Å². The Morgan fingerprint density at radius 1 is 1.21 bits per heavy atom. The molecule has 9 heteroatoms. The average Bonchev–Trinajstić information content (AvgIpc) is 3.31. The molecule has 3 rings (SSSR count). The standard InChI is InChI=1S/C25H33N5O3S/c1-6-17(3)27-22(31)19-13-20(15-21(14-19)30(7-2)34(5)32)23-28-29-24(33-23)25(4,26)16-18-11-9-8-10-12-18/h8-15,17H,6-7,16,26H2,1-5H3,(H,27,31)/t17?,25-,34?/m1/s1. The molecule has 0 aliphatic rings. The first kappa shape index (κ1) is 25.6. The van der Waals surface area contributed by atoms with Crippen molar-refractivity contribution in [2.45, 2.75) is 52.1 Å². The van der Waals surface area contributed by atoms with E-state index in [9.17, 15) is 9.00 Å². The van der Waals surface area contributed by atoms with Gasteiger partial charge in [0.15, 0.2) is 0 Å². The minimum Gasteiger partial charge on any atom is -0.419 e. The van der Waals surface area contributed by atoms with E-state index in [1.807, 2.05) is 58.0 Å². The smallest absolute Gasteiger partial charge is 0.251 e. The van der Waals surface area contributed by atoms with Crippen LogP contribution in [0.3, 0.4) is 0 Å². The van der Waals surface area contributed by atoms with Crippen LogP contribution >= 0.6 is 0 Å². The van der Waals surface area contributed by atoms with Crippen LogP contribution in [-0.2, 0) is 22.9 Å². The lowest BCUT2D eigenvalue weighted by atomic mass is 9.94. The van der Waals surface area contributed by atoms with Crippen molar-refractivity contribution in [3.05, 3.63) is 65.5 Å². The van der Waals surface area contributed by atoms with Gasteiger partial charge in [-0.3, -0.25) is 9.10 Å². The molecule has 2 unspecified atom stereocenters. The zero-order valence-electron chi connectivity index (χ0n) is 20.4. The number of carbonyl (C=O) groups excluding carboxylic acids is 1. The summed E-state index contributed by atoms with van der Waals surface area (Å²) in [6, 6.07) is 15.1. The van der Waals surface area contributed by atoms with Gasteiger partial charge in [0.1, 0.15) is 11.0 Å². The molecule has 8 nitrogen and oxygen atoms in total. The van der Waals surface area contributed by atoms with Crippen LogP contribution in [0.25, 0.3) is 11.5 Å². The number of anilines is 1. The van der Waals surface area contributed by atoms with Crippen LogP contribution in [-0.4, -0.2) is 39.2 Å². The molecule has 0 fully saturated rings. The fourth-order valence-corrected chi connectivity index (χ4v) is 4.36. The third-order valence-electron chi connectivity index (χ3n) is 5.63. The quantitative estimate of drug-likeness (QED) is 0.453. The highest BCUT2D eigenvalue weighted by Crippen LogP contribution is 2.30. The lowest BCUT2D eigenvalue weighted by molar-refractivity contribution is 0.0939. The summed E-state index contributed by atoms with van der Waals surface area (Å²) in [4.78, 5) is 12.9. The molecule has 3 aromatic rings. The Hall–Kier alpha value is -3.04. The van der Waals surface area contributed by atoms with Gasteiger partial charge in [-0.05, 0) is 57.4 Å². The highest BCUT2D eigenvalue weighted by atomic mass is 32.2. The number of carbonyl (C=O) groups is 1. The maximum absolute atomic E-state index is 12.9. The molecule has 0 radical (unpaired) electrons. The molecule has 2 aromatic carbocycles. The van der Waals surface area contributed by atoms with E-state index in [1.165, 1.54) is 0 Å². The maximum Gasteiger partial charge on any atom is 0.251 e. The fraction of sp³-hybridized carbons (Fsp3) is 0.400. The van der Waals surface area contributed by atoms with Gasteiger partial charge in [-0.25, -0.2) is 4.21 Å². The van der Waals surface area contributed by atoms with E-state index in [0.717, 1.165) is 12.0 Å². The first-order valence-corrected chi connectivity index (χ1v) is 12.9. The SMILES string of the molecule is CCC(C)NC(=O)c1cc(-c2nnc([C@](C)(N)Cc3ccccc3)o2)cc(N(CC)S(C)=O)c1. The van der Waals surface area contributed by atoms with E-state index in [1.54, 1.807) is 28.8 Å². The molecule has 0 spiro atoms. The number of nitrogens with one attached hydrogen (secondary N) is 1. The summed E-state index contributed by atoms with van der Waals surface area (Å²) < 4.78 is 20.0. The molecule has 1 heterocycles. The Kier molecular flexibility index (Phi) is 8.22. The van der Waals surface area contributed by atoms with Crippen LogP contribution < -0.4 is 15.4 Å². The molecule has 3 N–H and O–H groups in total. The lowest BCUT2D eigenvalue weighted by Gasteiger charge is -2.21. The van der Waals surface area contributed by atoms with Gasteiger partial charge in [0.2, 0.25) is 11.8 Å². The molecular weight excluding hydrogens is 450 g/mol. The average molecular weight is 484 g/mol. The van der Waals surface area contributed by atoms with Crippen LogP contribution in [0, 0.1) is 0 Å². The summed E-state index contributed by atoms with van der Waals surface area (Å²) in [5, 5.41) is 11.4. The summed E-state index contributed by atoms with van der Waals surface area (Å²) in [6.45, 7) is 8.21. The Bertz CT molecular complexity index is 1150. The maximum atomic E-state index is 12.9. The van der Waals surface area contributed by atoms with Crippen LogP contribution in [0.1, 0.15) is 55.9 Å². The number of amides is 1. The van der Waals surface area contributed by atoms with Crippen molar-refractivity contribution in [2.24, 2.45) is 5.73 Å². The van der Waals surface area contributed by atoms with E-state index in [2.05, 4.69) is 15.5 Å². The van der Waals surface area contributed by atoms with Gasteiger partial charge in [-0.1, -0.05) is 37.3 Å². The Balaban J connectivity index is 1.99. The second-order valence-corrected chi connectivity index (χ2v) is 9.95. The largest absolute Gasteiger partial charge is 0.419 e. The number of rotatable bonds is 10. The van der Waals surface area contributed by atoms with E-state index in [-0.39, 0.29) is 17.8 Å². The van der Waals surface area contributed by atoms with Crippen molar-refractivity contribution in [1.82, 2.24) is 15.5 Å². The van der Waals surface area contributed by atoms with Gasteiger partial charge in [-0.15, -0.1) is 10.2 Å². The molecule has 1 aromatic heterocycles.